The van der Waals surface area contributed by atoms with Gasteiger partial charge in [0.15, 0.2) is 0 Å². The van der Waals surface area contributed by atoms with Crippen molar-refractivity contribution in [2.45, 2.75) is 13.1 Å². The number of rotatable bonds is 5. The van der Waals surface area contributed by atoms with Crippen molar-refractivity contribution in [2.75, 3.05) is 36.4 Å². The van der Waals surface area contributed by atoms with E-state index in [9.17, 15) is 18.0 Å². The number of anilines is 3. The van der Waals surface area contributed by atoms with Crippen molar-refractivity contribution in [1.82, 2.24) is 15.4 Å². The second-order valence-electron chi connectivity index (χ2n) is 7.93. The summed E-state index contributed by atoms with van der Waals surface area (Å²) in [5, 5.41) is 5.02. The van der Waals surface area contributed by atoms with Gasteiger partial charge in [-0.05, 0) is 48.9 Å². The minimum absolute atomic E-state index is 0.00198. The van der Waals surface area contributed by atoms with Crippen molar-refractivity contribution in [1.29, 1.82) is 0 Å². The number of aryl methyl sites for hydroxylation is 1. The van der Waals surface area contributed by atoms with E-state index in [0.717, 1.165) is 23.4 Å². The Morgan fingerprint density at radius 3 is 2.38 bits per heavy atom. The number of para-hydroxylation sites is 1. The standard InChI is InChI=1S/C24H23ClF3N5O/c1-16-7-8-17(25)15-20(16)29-22-19(9-10-21(30-22)24(26,27)28)23(34)31-33-13-11-32(12-14-33)18-5-3-2-4-6-18/h2-10,15H,11-14H2,1H3,(H,29,30)(H,31,34). The molecule has 34 heavy (non-hydrogen) atoms. The molecule has 4 rings (SSSR count). The van der Waals surface area contributed by atoms with Crippen molar-refractivity contribution in [3.63, 3.8) is 0 Å². The lowest BCUT2D eigenvalue weighted by Gasteiger charge is -2.36. The molecule has 1 aliphatic rings. The second-order valence-corrected chi connectivity index (χ2v) is 8.36. The van der Waals surface area contributed by atoms with Crippen LogP contribution in [0.2, 0.25) is 5.02 Å². The number of aromatic nitrogens is 1. The van der Waals surface area contributed by atoms with Crippen LogP contribution in [0.25, 0.3) is 0 Å². The molecule has 2 heterocycles. The molecular weight excluding hydrogens is 467 g/mol. The van der Waals surface area contributed by atoms with Crippen LogP contribution >= 0.6 is 11.6 Å². The van der Waals surface area contributed by atoms with Crippen LogP contribution < -0.4 is 15.6 Å². The van der Waals surface area contributed by atoms with Crippen LogP contribution in [0.15, 0.2) is 60.7 Å². The van der Waals surface area contributed by atoms with E-state index in [2.05, 4.69) is 20.6 Å². The molecule has 1 amide bonds. The Bertz CT molecular complexity index is 1170. The number of nitrogens with zero attached hydrogens (tertiary/aromatic N) is 3. The summed E-state index contributed by atoms with van der Waals surface area (Å²) in [6.07, 6.45) is -4.65. The molecule has 1 fully saturated rings. The first-order valence-corrected chi connectivity index (χ1v) is 11.1. The van der Waals surface area contributed by atoms with Crippen molar-refractivity contribution in [3.8, 4) is 0 Å². The Labute approximate surface area is 200 Å². The summed E-state index contributed by atoms with van der Waals surface area (Å²) in [6.45, 7) is 4.29. The molecule has 0 aliphatic carbocycles. The molecule has 0 radical (unpaired) electrons. The number of hydrazine groups is 1. The fraction of sp³-hybridized carbons (Fsp3) is 0.250. The van der Waals surface area contributed by atoms with Gasteiger partial charge in [-0.25, -0.2) is 9.99 Å². The van der Waals surface area contributed by atoms with E-state index in [1.165, 1.54) is 0 Å². The van der Waals surface area contributed by atoms with Gasteiger partial charge in [-0.15, -0.1) is 0 Å². The number of amides is 1. The minimum Gasteiger partial charge on any atom is -0.369 e. The zero-order valence-corrected chi connectivity index (χ0v) is 19.1. The summed E-state index contributed by atoms with van der Waals surface area (Å²) >= 11 is 6.04. The van der Waals surface area contributed by atoms with E-state index in [-0.39, 0.29) is 11.4 Å². The van der Waals surface area contributed by atoms with Crippen LogP contribution in [-0.4, -0.2) is 42.1 Å². The topological polar surface area (TPSA) is 60.5 Å². The highest BCUT2D eigenvalue weighted by Gasteiger charge is 2.34. The zero-order valence-electron chi connectivity index (χ0n) is 18.4. The SMILES string of the molecule is Cc1ccc(Cl)cc1Nc1nc(C(F)(F)F)ccc1C(=O)NN1CCN(c2ccccc2)CC1. The molecule has 3 aromatic rings. The molecule has 0 spiro atoms. The highest BCUT2D eigenvalue weighted by molar-refractivity contribution is 6.30. The van der Waals surface area contributed by atoms with Gasteiger partial charge in [-0.2, -0.15) is 13.2 Å². The number of alkyl halides is 3. The summed E-state index contributed by atoms with van der Waals surface area (Å²) in [4.78, 5) is 18.9. The van der Waals surface area contributed by atoms with Crippen LogP contribution in [0, 0.1) is 6.92 Å². The average Bonchev–Trinajstić information content (AvgIpc) is 2.82. The third-order valence-electron chi connectivity index (χ3n) is 5.54. The van der Waals surface area contributed by atoms with Crippen molar-refractivity contribution >= 4 is 34.7 Å². The van der Waals surface area contributed by atoms with E-state index >= 15 is 0 Å². The fourth-order valence-corrected chi connectivity index (χ4v) is 3.84. The Balaban J connectivity index is 1.52. The van der Waals surface area contributed by atoms with E-state index in [1.54, 1.807) is 30.1 Å². The number of hydrogen-bond donors (Lipinski definition) is 2. The molecule has 0 atom stereocenters. The molecule has 1 aromatic heterocycles. The number of pyridine rings is 1. The van der Waals surface area contributed by atoms with Gasteiger partial charge in [0, 0.05) is 42.6 Å². The smallest absolute Gasteiger partial charge is 0.369 e. The Hall–Kier alpha value is -3.30. The number of halogens is 4. The number of hydrogen-bond acceptors (Lipinski definition) is 5. The van der Waals surface area contributed by atoms with Gasteiger partial charge in [0.2, 0.25) is 0 Å². The third kappa shape index (κ3) is 5.60. The van der Waals surface area contributed by atoms with Crippen molar-refractivity contribution in [3.05, 3.63) is 82.5 Å². The van der Waals surface area contributed by atoms with Crippen molar-refractivity contribution < 1.29 is 18.0 Å². The summed E-state index contributed by atoms with van der Waals surface area (Å²) < 4.78 is 39.9. The molecule has 6 nitrogen and oxygen atoms in total. The highest BCUT2D eigenvalue weighted by atomic mass is 35.5. The molecule has 0 unspecified atom stereocenters. The third-order valence-corrected chi connectivity index (χ3v) is 5.78. The molecule has 2 aromatic carbocycles. The first kappa shape index (κ1) is 23.8. The highest BCUT2D eigenvalue weighted by Crippen LogP contribution is 2.31. The molecular formula is C24H23ClF3N5O. The van der Waals surface area contributed by atoms with Gasteiger partial charge >= 0.3 is 6.18 Å². The van der Waals surface area contributed by atoms with Crippen molar-refractivity contribution in [2.24, 2.45) is 0 Å². The Morgan fingerprint density at radius 1 is 1.00 bits per heavy atom. The van der Waals surface area contributed by atoms with Gasteiger partial charge in [-0.1, -0.05) is 35.9 Å². The van der Waals surface area contributed by atoms with Gasteiger partial charge in [-0.3, -0.25) is 10.2 Å². The lowest BCUT2D eigenvalue weighted by molar-refractivity contribution is -0.141. The van der Waals surface area contributed by atoms with Gasteiger partial charge < -0.3 is 10.2 Å². The fourth-order valence-electron chi connectivity index (χ4n) is 3.67. The molecule has 2 N–H and O–H groups in total. The zero-order chi connectivity index (χ0) is 24.3. The second kappa shape index (κ2) is 9.90. The maximum atomic E-state index is 13.3. The summed E-state index contributed by atoms with van der Waals surface area (Å²) in [5.41, 5.74) is 4.01. The van der Waals surface area contributed by atoms with Crippen LogP contribution in [0.1, 0.15) is 21.6 Å². The van der Waals surface area contributed by atoms with Gasteiger partial charge in [0.1, 0.15) is 11.5 Å². The van der Waals surface area contributed by atoms with E-state index in [1.807, 2.05) is 30.3 Å². The minimum atomic E-state index is -4.65. The maximum absolute atomic E-state index is 13.3. The molecule has 10 heteroatoms. The number of piperazine rings is 1. The van der Waals surface area contributed by atoms with Crippen LogP contribution in [-0.2, 0) is 6.18 Å². The molecule has 1 saturated heterocycles. The number of nitrogens with one attached hydrogen (secondary N) is 2. The largest absolute Gasteiger partial charge is 0.433 e. The summed E-state index contributed by atoms with van der Waals surface area (Å²) in [5.74, 6) is -0.739. The Morgan fingerprint density at radius 2 is 1.71 bits per heavy atom. The number of carbonyl (C=O) groups is 1. The van der Waals surface area contributed by atoms with E-state index < -0.39 is 17.8 Å². The van der Waals surface area contributed by atoms with E-state index in [0.29, 0.717) is 36.9 Å². The predicted molar refractivity (Wildman–Crippen MR) is 126 cm³/mol. The predicted octanol–water partition coefficient (Wildman–Crippen LogP) is 5.27. The van der Waals surface area contributed by atoms with Crippen LogP contribution in [0.4, 0.5) is 30.4 Å². The van der Waals surface area contributed by atoms with E-state index in [4.69, 9.17) is 11.6 Å². The lowest BCUT2D eigenvalue weighted by atomic mass is 10.1. The quantitative estimate of drug-likeness (QED) is 0.511. The van der Waals surface area contributed by atoms with Crippen LogP contribution in [0.3, 0.4) is 0 Å². The normalized spacial score (nSPS) is 14.7. The molecule has 178 valence electrons. The average molecular weight is 490 g/mol. The molecule has 0 saturated carbocycles. The summed E-state index contributed by atoms with van der Waals surface area (Å²) in [6, 6.07) is 16.8. The monoisotopic (exact) mass is 489 g/mol. The maximum Gasteiger partial charge on any atom is 0.433 e. The Kier molecular flexibility index (Phi) is 6.95. The van der Waals surface area contributed by atoms with Crippen LogP contribution in [0.5, 0.6) is 0 Å². The number of benzene rings is 2. The molecule has 0 bridgehead atoms. The van der Waals surface area contributed by atoms with Gasteiger partial charge in [0.25, 0.3) is 5.91 Å². The first-order valence-electron chi connectivity index (χ1n) is 10.7. The lowest BCUT2D eigenvalue weighted by Crippen LogP contribution is -2.53. The first-order chi connectivity index (χ1) is 16.2. The van der Waals surface area contributed by atoms with Gasteiger partial charge in [0.05, 0.1) is 5.56 Å². The molecule has 1 aliphatic heterocycles. The summed E-state index contributed by atoms with van der Waals surface area (Å²) in [7, 11) is 0. The number of carbonyl (C=O) groups excluding carboxylic acids is 1.